The third-order valence-electron chi connectivity index (χ3n) is 7.11. The number of halogens is 1. The standard InChI is InChI=1S/C32H36IN7O2/c1-4-42-29-27(33)19-25(20-28(29)41-3)21-34-39-31-36-30(35-26-12-10-22(2)11-13-26)37-32(38-31)40-16-14-24(15-17-40)18-23-8-6-5-7-9-23/h5-13,19-21,24H,4,14-18H2,1-3H3,(H2,35,36,37,38,39)/b34-21+. The van der Waals surface area contributed by atoms with Crippen LogP contribution in [0, 0.1) is 16.4 Å². The highest BCUT2D eigenvalue weighted by molar-refractivity contribution is 14.1. The van der Waals surface area contributed by atoms with E-state index in [1.807, 2.05) is 31.2 Å². The molecule has 1 fully saturated rings. The Kier molecular flexibility index (Phi) is 10.1. The lowest BCUT2D eigenvalue weighted by molar-refractivity contribution is 0.308. The zero-order chi connectivity index (χ0) is 29.3. The molecule has 0 spiro atoms. The molecule has 10 heteroatoms. The summed E-state index contributed by atoms with van der Waals surface area (Å²) < 4.78 is 12.2. The van der Waals surface area contributed by atoms with Crippen molar-refractivity contribution in [3.05, 3.63) is 87.0 Å². The molecule has 0 aliphatic carbocycles. The van der Waals surface area contributed by atoms with Crippen LogP contribution in [0.2, 0.25) is 0 Å². The van der Waals surface area contributed by atoms with Gasteiger partial charge in [-0.15, -0.1) is 0 Å². The Hall–Kier alpha value is -3.93. The largest absolute Gasteiger partial charge is 0.493 e. The number of anilines is 4. The van der Waals surface area contributed by atoms with Crippen LogP contribution in [0.5, 0.6) is 11.5 Å². The third kappa shape index (κ3) is 7.87. The lowest BCUT2D eigenvalue weighted by Crippen LogP contribution is -2.35. The fourth-order valence-electron chi connectivity index (χ4n) is 4.93. The van der Waals surface area contributed by atoms with Gasteiger partial charge in [0, 0.05) is 18.8 Å². The Labute approximate surface area is 260 Å². The summed E-state index contributed by atoms with van der Waals surface area (Å²) in [7, 11) is 1.63. The van der Waals surface area contributed by atoms with Crippen molar-refractivity contribution in [2.45, 2.75) is 33.1 Å². The first-order chi connectivity index (χ1) is 20.5. The van der Waals surface area contributed by atoms with E-state index in [0.717, 1.165) is 52.9 Å². The van der Waals surface area contributed by atoms with Crippen molar-refractivity contribution in [2.75, 3.05) is 42.4 Å². The average molecular weight is 678 g/mol. The predicted octanol–water partition coefficient (Wildman–Crippen LogP) is 6.84. The number of hydrogen-bond acceptors (Lipinski definition) is 9. The van der Waals surface area contributed by atoms with E-state index in [-0.39, 0.29) is 0 Å². The quantitative estimate of drug-likeness (QED) is 0.101. The number of nitrogens with zero attached hydrogens (tertiary/aromatic N) is 5. The Morgan fingerprint density at radius 1 is 1.00 bits per heavy atom. The van der Waals surface area contributed by atoms with Gasteiger partial charge in [0.15, 0.2) is 11.5 Å². The second-order valence-corrected chi connectivity index (χ2v) is 11.4. The van der Waals surface area contributed by atoms with Crippen molar-refractivity contribution in [3.8, 4) is 11.5 Å². The average Bonchev–Trinajstić information content (AvgIpc) is 3.00. The SMILES string of the molecule is CCOc1c(I)cc(/C=N/Nc2nc(Nc3ccc(C)cc3)nc(N3CCC(Cc4ccccc4)CC3)n2)cc1OC. The third-order valence-corrected chi connectivity index (χ3v) is 7.92. The second kappa shape index (κ2) is 14.3. The van der Waals surface area contributed by atoms with E-state index in [9.17, 15) is 0 Å². The topological polar surface area (TPSA) is 96.8 Å². The first kappa shape index (κ1) is 29.6. The minimum Gasteiger partial charge on any atom is -0.493 e. The predicted molar refractivity (Wildman–Crippen MR) is 177 cm³/mol. The van der Waals surface area contributed by atoms with E-state index in [4.69, 9.17) is 19.4 Å². The van der Waals surface area contributed by atoms with Crippen molar-refractivity contribution in [3.63, 3.8) is 0 Å². The molecule has 42 heavy (non-hydrogen) atoms. The van der Waals surface area contributed by atoms with Crippen LogP contribution in [0.3, 0.4) is 0 Å². The van der Waals surface area contributed by atoms with Gasteiger partial charge in [-0.25, -0.2) is 5.43 Å². The van der Waals surface area contributed by atoms with Crippen molar-refractivity contribution in [1.82, 2.24) is 15.0 Å². The number of benzene rings is 3. The molecular formula is C32H36IN7O2. The van der Waals surface area contributed by atoms with Crippen LogP contribution in [0.15, 0.2) is 71.8 Å². The molecule has 3 aromatic carbocycles. The smallest absolute Gasteiger partial charge is 0.250 e. The van der Waals surface area contributed by atoms with E-state index in [0.29, 0.717) is 36.1 Å². The summed E-state index contributed by atoms with van der Waals surface area (Å²) in [5.41, 5.74) is 7.36. The van der Waals surface area contributed by atoms with E-state index in [1.54, 1.807) is 13.3 Å². The van der Waals surface area contributed by atoms with Crippen molar-refractivity contribution in [2.24, 2.45) is 11.0 Å². The van der Waals surface area contributed by atoms with Crippen LogP contribution in [0.4, 0.5) is 23.5 Å². The minimum absolute atomic E-state index is 0.366. The molecule has 0 radical (unpaired) electrons. The fourth-order valence-corrected chi connectivity index (χ4v) is 5.71. The summed E-state index contributed by atoms with van der Waals surface area (Å²) >= 11 is 2.24. The highest BCUT2D eigenvalue weighted by Crippen LogP contribution is 2.33. The molecule has 1 aromatic heterocycles. The van der Waals surface area contributed by atoms with Gasteiger partial charge in [0.2, 0.25) is 17.8 Å². The Bertz CT molecular complexity index is 1490. The molecular weight excluding hydrogens is 641 g/mol. The zero-order valence-corrected chi connectivity index (χ0v) is 26.3. The Morgan fingerprint density at radius 2 is 1.74 bits per heavy atom. The maximum Gasteiger partial charge on any atom is 0.250 e. The fraction of sp³-hybridized carbons (Fsp3) is 0.312. The number of ether oxygens (including phenoxy) is 2. The molecule has 0 unspecified atom stereocenters. The minimum atomic E-state index is 0.366. The Morgan fingerprint density at radius 3 is 2.45 bits per heavy atom. The van der Waals surface area contributed by atoms with Crippen molar-refractivity contribution >= 4 is 52.3 Å². The van der Waals surface area contributed by atoms with Gasteiger partial charge in [-0.05, 0) is 97.0 Å². The molecule has 0 amide bonds. The monoisotopic (exact) mass is 677 g/mol. The lowest BCUT2D eigenvalue weighted by atomic mass is 9.90. The second-order valence-electron chi connectivity index (χ2n) is 10.2. The molecule has 0 atom stereocenters. The Balaban J connectivity index is 1.33. The number of hydrazone groups is 1. The zero-order valence-electron chi connectivity index (χ0n) is 24.2. The molecule has 2 heterocycles. The summed E-state index contributed by atoms with van der Waals surface area (Å²) in [5, 5.41) is 7.76. The van der Waals surface area contributed by atoms with E-state index < -0.39 is 0 Å². The molecule has 4 aromatic rings. The molecule has 0 bridgehead atoms. The van der Waals surface area contributed by atoms with Crippen LogP contribution in [0.1, 0.15) is 36.5 Å². The van der Waals surface area contributed by atoms with E-state index in [2.05, 4.69) is 97.7 Å². The summed E-state index contributed by atoms with van der Waals surface area (Å²) in [6, 6.07) is 22.7. The van der Waals surface area contributed by atoms with Crippen molar-refractivity contribution in [1.29, 1.82) is 0 Å². The summed E-state index contributed by atoms with van der Waals surface area (Å²) in [5.74, 6) is 3.50. The maximum absolute atomic E-state index is 5.73. The van der Waals surface area contributed by atoms with Gasteiger partial charge in [-0.2, -0.15) is 20.1 Å². The first-order valence-corrected chi connectivity index (χ1v) is 15.3. The van der Waals surface area contributed by atoms with Crippen molar-refractivity contribution < 1.29 is 9.47 Å². The van der Waals surface area contributed by atoms with Gasteiger partial charge in [0.1, 0.15) is 0 Å². The molecule has 0 saturated carbocycles. The lowest BCUT2D eigenvalue weighted by Gasteiger charge is -2.32. The molecule has 2 N–H and O–H groups in total. The van der Waals surface area contributed by atoms with Gasteiger partial charge in [-0.3, -0.25) is 0 Å². The van der Waals surface area contributed by atoms with Crippen LogP contribution < -0.4 is 25.1 Å². The number of piperidine rings is 1. The van der Waals surface area contributed by atoms with E-state index in [1.165, 1.54) is 11.1 Å². The molecule has 5 rings (SSSR count). The van der Waals surface area contributed by atoms with Gasteiger partial charge >= 0.3 is 0 Å². The number of aryl methyl sites for hydroxylation is 1. The van der Waals surface area contributed by atoms with Gasteiger partial charge in [0.05, 0.1) is 23.5 Å². The molecule has 1 aliphatic heterocycles. The number of methoxy groups -OCH3 is 1. The molecule has 1 saturated heterocycles. The summed E-state index contributed by atoms with van der Waals surface area (Å²) in [4.78, 5) is 16.4. The number of hydrogen-bond donors (Lipinski definition) is 2. The maximum atomic E-state index is 5.73. The summed E-state index contributed by atoms with van der Waals surface area (Å²) in [6.07, 6.45) is 4.98. The van der Waals surface area contributed by atoms with Crippen LogP contribution >= 0.6 is 22.6 Å². The van der Waals surface area contributed by atoms with Crippen LogP contribution in [-0.2, 0) is 6.42 Å². The van der Waals surface area contributed by atoms with Gasteiger partial charge < -0.3 is 19.7 Å². The summed E-state index contributed by atoms with van der Waals surface area (Å²) in [6.45, 7) is 6.35. The van der Waals surface area contributed by atoms with Gasteiger partial charge in [-0.1, -0.05) is 48.0 Å². The van der Waals surface area contributed by atoms with Crippen LogP contribution in [0.25, 0.3) is 0 Å². The number of aromatic nitrogens is 3. The normalized spacial score (nSPS) is 13.8. The number of rotatable bonds is 11. The van der Waals surface area contributed by atoms with Crippen LogP contribution in [-0.4, -0.2) is 48.0 Å². The molecule has 9 nitrogen and oxygen atoms in total. The number of nitrogens with one attached hydrogen (secondary N) is 2. The highest BCUT2D eigenvalue weighted by Gasteiger charge is 2.22. The molecule has 1 aliphatic rings. The first-order valence-electron chi connectivity index (χ1n) is 14.2. The van der Waals surface area contributed by atoms with Gasteiger partial charge in [0.25, 0.3) is 0 Å². The highest BCUT2D eigenvalue weighted by atomic mass is 127. The molecule has 218 valence electrons. The van der Waals surface area contributed by atoms with E-state index >= 15 is 0 Å².